The average Bonchev–Trinajstić information content (AvgIpc) is 2.91. The zero-order valence-electron chi connectivity index (χ0n) is 14.9. The third-order valence-electron chi connectivity index (χ3n) is 3.64. The molecule has 136 valence electrons. The van der Waals surface area contributed by atoms with E-state index in [0.717, 1.165) is 18.7 Å². The molecule has 7 heteroatoms. The number of hydrogen-bond acceptors (Lipinski definition) is 5. The summed E-state index contributed by atoms with van der Waals surface area (Å²) in [5.41, 5.74) is 1.75. The maximum Gasteiger partial charge on any atom is 0.506 e. The Hall–Kier alpha value is -1.60. The van der Waals surface area contributed by atoms with Crippen molar-refractivity contribution in [2.75, 3.05) is 0 Å². The number of benzene rings is 1. The summed E-state index contributed by atoms with van der Waals surface area (Å²) in [7, 11) is -3.14. The minimum Gasteiger partial charge on any atom is -0.450 e. The predicted octanol–water partition coefficient (Wildman–Crippen LogP) is 3.34. The number of rotatable bonds is 3. The molecule has 1 aliphatic rings. The minimum absolute atomic E-state index is 0.306. The Bertz CT molecular complexity index is 677. The van der Waals surface area contributed by atoms with Gasteiger partial charge in [-0.25, -0.2) is 13.2 Å². The standard InChI is InChI=1S/C12H17NO2S.C5H10O3/c1-3-9(2)16(14,15)12-5-4-10-7-13-8-11(10)6-12;1-5(2,3)8-4(6)7/h4-6,9,13H,3,7-8H2,1-2H3;1-3H3,(H,6,7). The lowest BCUT2D eigenvalue weighted by molar-refractivity contribution is 0.0150. The van der Waals surface area contributed by atoms with Crippen molar-refractivity contribution in [1.29, 1.82) is 0 Å². The zero-order valence-corrected chi connectivity index (χ0v) is 15.7. The number of ether oxygens (including phenoxy) is 1. The first-order chi connectivity index (χ1) is 11.0. The van der Waals surface area contributed by atoms with Crippen LogP contribution in [0.3, 0.4) is 0 Å². The first-order valence-electron chi connectivity index (χ1n) is 7.95. The predicted molar refractivity (Wildman–Crippen MR) is 92.8 cm³/mol. The highest BCUT2D eigenvalue weighted by molar-refractivity contribution is 7.92. The highest BCUT2D eigenvalue weighted by atomic mass is 32.2. The average molecular weight is 357 g/mol. The van der Waals surface area contributed by atoms with Crippen molar-refractivity contribution in [3.63, 3.8) is 0 Å². The van der Waals surface area contributed by atoms with Crippen LogP contribution in [0.1, 0.15) is 52.2 Å². The van der Waals surface area contributed by atoms with Crippen LogP contribution in [0, 0.1) is 0 Å². The molecular formula is C17H27NO5S. The Morgan fingerprint density at radius 1 is 1.29 bits per heavy atom. The van der Waals surface area contributed by atoms with Gasteiger partial charge in [-0.3, -0.25) is 0 Å². The summed E-state index contributed by atoms with van der Waals surface area (Å²) in [6.07, 6.45) is -0.574. The molecule has 0 amide bonds. The molecule has 0 aliphatic carbocycles. The molecule has 1 atom stereocenters. The summed E-state index contributed by atoms with van der Waals surface area (Å²) in [5, 5.41) is 10.9. The first kappa shape index (κ1) is 20.4. The van der Waals surface area contributed by atoms with Crippen LogP contribution in [0.2, 0.25) is 0 Å². The van der Waals surface area contributed by atoms with Crippen molar-refractivity contribution in [3.8, 4) is 0 Å². The maximum absolute atomic E-state index is 12.1. The number of hydrogen-bond donors (Lipinski definition) is 2. The number of carbonyl (C=O) groups is 1. The number of nitrogens with one attached hydrogen (secondary N) is 1. The summed E-state index contributed by atoms with van der Waals surface area (Å²) in [6.45, 7) is 10.3. The van der Waals surface area contributed by atoms with E-state index in [2.05, 4.69) is 10.1 Å². The summed E-state index contributed by atoms with van der Waals surface area (Å²) < 4.78 is 28.6. The van der Waals surface area contributed by atoms with E-state index in [1.807, 2.05) is 19.1 Å². The Labute approximate surface area is 144 Å². The van der Waals surface area contributed by atoms with Crippen molar-refractivity contribution in [2.45, 2.75) is 69.9 Å². The maximum atomic E-state index is 12.1. The van der Waals surface area contributed by atoms with E-state index in [9.17, 15) is 13.2 Å². The molecule has 0 fully saturated rings. The molecule has 6 nitrogen and oxygen atoms in total. The van der Waals surface area contributed by atoms with Crippen molar-refractivity contribution in [1.82, 2.24) is 5.32 Å². The quantitative estimate of drug-likeness (QED) is 0.806. The smallest absolute Gasteiger partial charge is 0.450 e. The SMILES string of the molecule is CC(C)(C)OC(=O)O.CCC(C)S(=O)(=O)c1ccc2c(c1)CNC2. The molecule has 1 heterocycles. The van der Waals surface area contributed by atoms with Gasteiger partial charge in [-0.15, -0.1) is 0 Å². The molecule has 0 saturated carbocycles. The van der Waals surface area contributed by atoms with Crippen molar-refractivity contribution < 1.29 is 23.1 Å². The molecule has 24 heavy (non-hydrogen) atoms. The van der Waals surface area contributed by atoms with Crippen LogP contribution in [0.15, 0.2) is 23.1 Å². The highest BCUT2D eigenvalue weighted by Crippen LogP contribution is 2.23. The molecule has 0 radical (unpaired) electrons. The Balaban J connectivity index is 0.000000307. The van der Waals surface area contributed by atoms with Crippen LogP contribution in [0.25, 0.3) is 0 Å². The molecule has 1 aromatic rings. The second kappa shape index (κ2) is 7.98. The second-order valence-electron chi connectivity index (χ2n) is 6.78. The molecule has 2 rings (SSSR count). The normalized spacial score (nSPS) is 15.0. The van der Waals surface area contributed by atoms with Gasteiger partial charge >= 0.3 is 6.16 Å². The van der Waals surface area contributed by atoms with Crippen LogP contribution < -0.4 is 5.32 Å². The van der Waals surface area contributed by atoms with Gasteiger partial charge in [0.05, 0.1) is 10.1 Å². The van der Waals surface area contributed by atoms with Crippen LogP contribution >= 0.6 is 0 Å². The molecule has 1 unspecified atom stereocenters. The van der Waals surface area contributed by atoms with Crippen molar-refractivity contribution >= 4 is 16.0 Å². The minimum atomic E-state index is -3.14. The fourth-order valence-corrected chi connectivity index (χ4v) is 3.63. The van der Waals surface area contributed by atoms with Crippen molar-refractivity contribution in [2.24, 2.45) is 0 Å². The summed E-state index contributed by atoms with van der Waals surface area (Å²) in [6, 6.07) is 5.47. The molecule has 2 N–H and O–H groups in total. The molecule has 0 aromatic heterocycles. The molecule has 0 bridgehead atoms. The lowest BCUT2D eigenvalue weighted by atomic mass is 10.1. The summed E-state index contributed by atoms with van der Waals surface area (Å²) in [4.78, 5) is 10.3. The van der Waals surface area contributed by atoms with Crippen LogP contribution in [-0.2, 0) is 27.7 Å². The Morgan fingerprint density at radius 3 is 2.33 bits per heavy atom. The lowest BCUT2D eigenvalue weighted by Gasteiger charge is -2.15. The van der Waals surface area contributed by atoms with Gasteiger partial charge < -0.3 is 15.2 Å². The van der Waals surface area contributed by atoms with Gasteiger partial charge in [0.25, 0.3) is 0 Å². The molecule has 1 aliphatic heterocycles. The van der Waals surface area contributed by atoms with E-state index in [1.54, 1.807) is 33.8 Å². The number of sulfone groups is 1. The highest BCUT2D eigenvalue weighted by Gasteiger charge is 2.23. The van der Waals surface area contributed by atoms with Crippen molar-refractivity contribution in [3.05, 3.63) is 29.3 Å². The van der Waals surface area contributed by atoms with Crippen LogP contribution in [0.5, 0.6) is 0 Å². The van der Waals surface area contributed by atoms with Gasteiger partial charge in [0.15, 0.2) is 9.84 Å². The van der Waals surface area contributed by atoms with Gasteiger partial charge in [-0.1, -0.05) is 13.0 Å². The fraction of sp³-hybridized carbons (Fsp3) is 0.588. The molecule has 0 spiro atoms. The third-order valence-corrected chi connectivity index (χ3v) is 5.94. The number of fused-ring (bicyclic) bond motifs is 1. The summed E-state index contributed by atoms with van der Waals surface area (Å²) >= 11 is 0. The second-order valence-corrected chi connectivity index (χ2v) is 9.14. The topological polar surface area (TPSA) is 92.7 Å². The van der Waals surface area contributed by atoms with Gasteiger partial charge in [0, 0.05) is 13.1 Å². The van der Waals surface area contributed by atoms with E-state index in [4.69, 9.17) is 5.11 Å². The first-order valence-corrected chi connectivity index (χ1v) is 9.50. The van der Waals surface area contributed by atoms with Gasteiger partial charge in [0.2, 0.25) is 0 Å². The van der Waals surface area contributed by atoms with Gasteiger partial charge in [-0.05, 0) is 57.4 Å². The van der Waals surface area contributed by atoms with Gasteiger partial charge in [-0.2, -0.15) is 0 Å². The molecule has 0 saturated heterocycles. The van der Waals surface area contributed by atoms with E-state index < -0.39 is 21.6 Å². The Morgan fingerprint density at radius 2 is 1.88 bits per heavy atom. The zero-order chi connectivity index (χ0) is 18.5. The third kappa shape index (κ3) is 5.79. The fourth-order valence-electron chi connectivity index (χ4n) is 2.16. The van der Waals surface area contributed by atoms with Crippen LogP contribution in [0.4, 0.5) is 4.79 Å². The van der Waals surface area contributed by atoms with E-state index in [1.165, 1.54) is 5.56 Å². The molecular weight excluding hydrogens is 330 g/mol. The monoisotopic (exact) mass is 357 g/mol. The number of carboxylic acid groups (broad SMARTS) is 1. The van der Waals surface area contributed by atoms with E-state index in [-0.39, 0.29) is 5.25 Å². The van der Waals surface area contributed by atoms with Gasteiger partial charge in [0.1, 0.15) is 5.60 Å². The summed E-state index contributed by atoms with van der Waals surface area (Å²) in [5.74, 6) is 0. The van der Waals surface area contributed by atoms with Crippen LogP contribution in [-0.4, -0.2) is 30.5 Å². The largest absolute Gasteiger partial charge is 0.506 e. The molecule has 1 aromatic carbocycles. The van der Waals surface area contributed by atoms with E-state index in [0.29, 0.717) is 11.3 Å². The lowest BCUT2D eigenvalue weighted by Crippen LogP contribution is -2.22. The Kier molecular flexibility index (Phi) is 6.80. The van der Waals surface area contributed by atoms with E-state index >= 15 is 0 Å².